The Balaban J connectivity index is 1.26. The molecule has 186 valence electrons. The van der Waals surface area contributed by atoms with E-state index in [9.17, 15) is 31.1 Å². The summed E-state index contributed by atoms with van der Waals surface area (Å²) in [5, 5.41) is 9.56. The highest BCUT2D eigenvalue weighted by Gasteiger charge is 2.49. The third-order valence-corrected chi connectivity index (χ3v) is 5.43. The fourth-order valence-corrected chi connectivity index (χ4v) is 3.60. The van der Waals surface area contributed by atoms with E-state index < -0.39 is 67.8 Å². The average molecular weight is 495 g/mol. The van der Waals surface area contributed by atoms with Crippen LogP contribution in [0.2, 0.25) is 0 Å². The number of halogens is 6. The first-order valence-corrected chi connectivity index (χ1v) is 10.2. The number of alkyl halides is 5. The number of carbonyl (C=O) groups excluding carboxylic acids is 1. The Bertz CT molecular complexity index is 993. The molecule has 0 bridgehead atoms. The predicted molar refractivity (Wildman–Crippen MR) is 99.3 cm³/mol. The van der Waals surface area contributed by atoms with Crippen molar-refractivity contribution < 1.29 is 49.8 Å². The van der Waals surface area contributed by atoms with Crippen molar-refractivity contribution in [2.75, 3.05) is 13.2 Å². The Kier molecular flexibility index (Phi) is 6.71. The molecule has 1 aromatic carbocycles. The minimum absolute atomic E-state index is 0.0108. The largest absolute Gasteiger partial charge is 0.522 e. The molecule has 1 aromatic heterocycles. The van der Waals surface area contributed by atoms with Crippen LogP contribution in [-0.2, 0) is 14.3 Å². The summed E-state index contributed by atoms with van der Waals surface area (Å²) in [5.41, 5.74) is 0. The number of hydrogen-bond acceptors (Lipinski definition) is 7. The zero-order chi connectivity index (χ0) is 24.5. The summed E-state index contributed by atoms with van der Waals surface area (Å²) >= 11 is 0. The van der Waals surface area contributed by atoms with Crippen LogP contribution in [0.15, 0.2) is 28.7 Å². The lowest BCUT2D eigenvalue weighted by Crippen LogP contribution is -2.55. The third-order valence-electron chi connectivity index (χ3n) is 5.43. The summed E-state index contributed by atoms with van der Waals surface area (Å²) in [4.78, 5) is 12.0. The summed E-state index contributed by atoms with van der Waals surface area (Å²) in [6.07, 6.45) is -7.85. The maximum atomic E-state index is 14.6. The average Bonchev–Trinajstić information content (AvgIpc) is 3.20. The van der Waals surface area contributed by atoms with Gasteiger partial charge in [-0.25, -0.2) is 13.2 Å². The lowest BCUT2D eigenvalue weighted by molar-refractivity contribution is -0.352. The normalized spacial score (nSPS) is 26.5. The molecule has 14 heteroatoms. The number of rotatable bonds is 7. The van der Waals surface area contributed by atoms with Crippen LogP contribution in [0, 0.1) is 5.82 Å². The molecular weight excluding hydrogens is 476 g/mol. The van der Waals surface area contributed by atoms with Crippen molar-refractivity contribution >= 4 is 5.91 Å². The zero-order valence-corrected chi connectivity index (χ0v) is 17.4. The Morgan fingerprint density at radius 1 is 1.15 bits per heavy atom. The number of aromatic nitrogens is 2. The molecule has 1 aliphatic carbocycles. The van der Waals surface area contributed by atoms with Crippen LogP contribution >= 0.6 is 0 Å². The van der Waals surface area contributed by atoms with Gasteiger partial charge in [-0.3, -0.25) is 9.53 Å². The van der Waals surface area contributed by atoms with Crippen molar-refractivity contribution in [3.8, 4) is 5.75 Å². The maximum absolute atomic E-state index is 14.6. The van der Waals surface area contributed by atoms with Gasteiger partial charge in [0.15, 0.2) is 6.61 Å². The molecule has 8 nitrogen and oxygen atoms in total. The molecule has 0 radical (unpaired) electrons. The van der Waals surface area contributed by atoms with E-state index in [0.29, 0.717) is 0 Å². The molecule has 1 amide bonds. The molecule has 2 fully saturated rings. The smallest absolute Gasteiger partial charge is 0.484 e. The van der Waals surface area contributed by atoms with E-state index in [-0.39, 0.29) is 30.4 Å². The SMILES string of the molecule is O=C(COc1ccc(F)cc1)N[C@@H]1CO[C@@H](c2nnc([C@H]3C[C@@H](OC(F)(F)F)C3)o2)CC1(F)F. The van der Waals surface area contributed by atoms with Crippen molar-refractivity contribution in [3.63, 3.8) is 0 Å². The quantitative estimate of drug-likeness (QED) is 0.586. The lowest BCUT2D eigenvalue weighted by atomic mass is 9.82. The Hall–Kier alpha value is -2.87. The van der Waals surface area contributed by atoms with E-state index in [1.54, 1.807) is 0 Å². The van der Waals surface area contributed by atoms with Crippen LogP contribution in [-0.4, -0.2) is 53.7 Å². The molecule has 0 unspecified atom stereocenters. The molecule has 34 heavy (non-hydrogen) atoms. The van der Waals surface area contributed by atoms with E-state index >= 15 is 0 Å². The molecule has 1 saturated carbocycles. The minimum Gasteiger partial charge on any atom is -0.484 e. The highest BCUT2D eigenvalue weighted by atomic mass is 19.4. The van der Waals surface area contributed by atoms with Gasteiger partial charge in [0.25, 0.3) is 11.8 Å². The van der Waals surface area contributed by atoms with Gasteiger partial charge >= 0.3 is 6.36 Å². The topological polar surface area (TPSA) is 95.7 Å². The molecule has 0 spiro atoms. The van der Waals surface area contributed by atoms with Crippen molar-refractivity contribution in [2.24, 2.45) is 0 Å². The van der Waals surface area contributed by atoms with Crippen molar-refractivity contribution in [3.05, 3.63) is 41.9 Å². The minimum atomic E-state index is -4.74. The first-order valence-electron chi connectivity index (χ1n) is 10.2. The highest BCUT2D eigenvalue weighted by Crippen LogP contribution is 2.42. The summed E-state index contributed by atoms with van der Waals surface area (Å²) < 4.78 is 98.5. The molecule has 2 atom stereocenters. The van der Waals surface area contributed by atoms with Gasteiger partial charge in [-0.2, -0.15) is 0 Å². The number of nitrogens with one attached hydrogen (secondary N) is 1. The molecule has 1 saturated heterocycles. The molecule has 1 aliphatic heterocycles. The van der Waals surface area contributed by atoms with Crippen LogP contribution in [0.1, 0.15) is 43.1 Å². The van der Waals surface area contributed by atoms with E-state index in [1.165, 1.54) is 12.1 Å². The summed E-state index contributed by atoms with van der Waals surface area (Å²) in [5.74, 6) is -5.17. The van der Waals surface area contributed by atoms with Crippen LogP contribution in [0.25, 0.3) is 0 Å². The number of ether oxygens (including phenoxy) is 3. The Morgan fingerprint density at radius 2 is 1.82 bits per heavy atom. The zero-order valence-electron chi connectivity index (χ0n) is 17.4. The standard InChI is InChI=1S/C20H19F6N3O5/c21-11-1-3-12(4-2-11)31-9-16(30)27-15-8-32-14(7-19(15,22)23)18-29-28-17(33-18)10-5-13(6-10)34-20(24,25)26/h1-4,10,13-15H,5-9H2,(H,27,30)/t10-,13+,14-,15-/m1/s1. The third kappa shape index (κ3) is 5.97. The fourth-order valence-electron chi connectivity index (χ4n) is 3.60. The van der Waals surface area contributed by atoms with E-state index in [4.69, 9.17) is 13.9 Å². The number of hydrogen-bond donors (Lipinski definition) is 1. The van der Waals surface area contributed by atoms with E-state index in [0.717, 1.165) is 12.1 Å². The molecular formula is C20H19F6N3O5. The first kappa shape index (κ1) is 24.3. The monoisotopic (exact) mass is 495 g/mol. The predicted octanol–water partition coefficient (Wildman–Crippen LogP) is 3.65. The van der Waals surface area contributed by atoms with E-state index in [1.807, 2.05) is 0 Å². The van der Waals surface area contributed by atoms with Crippen LogP contribution in [0.4, 0.5) is 26.3 Å². The second kappa shape index (κ2) is 9.41. The highest BCUT2D eigenvalue weighted by molar-refractivity contribution is 5.78. The number of benzene rings is 1. The van der Waals surface area contributed by atoms with Crippen molar-refractivity contribution in [1.29, 1.82) is 0 Å². The van der Waals surface area contributed by atoms with Gasteiger partial charge in [-0.05, 0) is 37.1 Å². The number of carbonyl (C=O) groups is 1. The van der Waals surface area contributed by atoms with Gasteiger partial charge in [0.1, 0.15) is 23.7 Å². The first-order chi connectivity index (χ1) is 16.0. The van der Waals surface area contributed by atoms with Crippen LogP contribution in [0.5, 0.6) is 5.75 Å². The van der Waals surface area contributed by atoms with Gasteiger partial charge in [-0.15, -0.1) is 23.4 Å². The number of amides is 1. The maximum Gasteiger partial charge on any atom is 0.522 e. The van der Waals surface area contributed by atoms with Crippen molar-refractivity contribution in [2.45, 2.75) is 55.7 Å². The van der Waals surface area contributed by atoms with Crippen LogP contribution in [0.3, 0.4) is 0 Å². The second-order valence-corrected chi connectivity index (χ2v) is 7.98. The molecule has 4 rings (SSSR count). The molecule has 2 aromatic rings. The van der Waals surface area contributed by atoms with Gasteiger partial charge < -0.3 is 19.2 Å². The summed E-state index contributed by atoms with van der Waals surface area (Å²) in [6.45, 7) is -1.11. The molecule has 1 N–H and O–H groups in total. The van der Waals surface area contributed by atoms with Gasteiger partial charge in [0.05, 0.1) is 12.7 Å². The molecule has 2 heterocycles. The molecule has 2 aliphatic rings. The van der Waals surface area contributed by atoms with E-state index in [2.05, 4.69) is 20.3 Å². The van der Waals surface area contributed by atoms with Crippen LogP contribution < -0.4 is 10.1 Å². The fraction of sp³-hybridized carbons (Fsp3) is 0.550. The lowest BCUT2D eigenvalue weighted by Gasteiger charge is -2.35. The Morgan fingerprint density at radius 3 is 2.47 bits per heavy atom. The second-order valence-electron chi connectivity index (χ2n) is 7.98. The summed E-state index contributed by atoms with van der Waals surface area (Å²) in [6, 6.07) is 3.19. The van der Waals surface area contributed by atoms with Gasteiger partial charge in [0.2, 0.25) is 11.8 Å². The summed E-state index contributed by atoms with van der Waals surface area (Å²) in [7, 11) is 0. The number of nitrogens with zero attached hydrogens (tertiary/aromatic N) is 2. The van der Waals surface area contributed by atoms with Gasteiger partial charge in [0, 0.05) is 12.3 Å². The van der Waals surface area contributed by atoms with Gasteiger partial charge in [-0.1, -0.05) is 0 Å². The Labute approximate surface area is 188 Å². The van der Waals surface area contributed by atoms with Crippen molar-refractivity contribution in [1.82, 2.24) is 15.5 Å².